The van der Waals surface area contributed by atoms with Crippen LogP contribution >= 0.6 is 0 Å². The summed E-state index contributed by atoms with van der Waals surface area (Å²) in [7, 11) is 0. The summed E-state index contributed by atoms with van der Waals surface area (Å²) in [6.07, 6.45) is 4.35. The molecule has 2 aromatic rings. The molecule has 0 unspecified atom stereocenters. The smallest absolute Gasteiger partial charge is 0.226 e. The number of hydrogen-bond donors (Lipinski definition) is 2. The van der Waals surface area contributed by atoms with E-state index >= 15 is 0 Å². The van der Waals surface area contributed by atoms with Crippen molar-refractivity contribution in [3.05, 3.63) is 48.5 Å². The molecule has 1 amide bonds. The van der Waals surface area contributed by atoms with Gasteiger partial charge in [-0.1, -0.05) is 0 Å². The van der Waals surface area contributed by atoms with Crippen LogP contribution in [0.2, 0.25) is 0 Å². The molecule has 156 valence electrons. The van der Waals surface area contributed by atoms with E-state index in [0.29, 0.717) is 13.0 Å². The first-order valence-electron chi connectivity index (χ1n) is 10.9. The monoisotopic (exact) mass is 394 g/mol. The Balaban J connectivity index is 1.41. The van der Waals surface area contributed by atoms with E-state index in [1.165, 1.54) is 30.6 Å². The summed E-state index contributed by atoms with van der Waals surface area (Å²) in [6.45, 7) is 9.18. The fourth-order valence-corrected chi connectivity index (χ4v) is 3.83. The Morgan fingerprint density at radius 1 is 0.897 bits per heavy atom. The predicted octanol–water partition coefficient (Wildman–Crippen LogP) is 4.96. The van der Waals surface area contributed by atoms with Gasteiger partial charge in [0.05, 0.1) is 0 Å². The third-order valence-corrected chi connectivity index (χ3v) is 5.55. The topological polar surface area (TPSA) is 47.6 Å². The first-order valence-corrected chi connectivity index (χ1v) is 10.9. The van der Waals surface area contributed by atoms with Crippen molar-refractivity contribution in [3.8, 4) is 0 Å². The molecule has 5 heteroatoms. The van der Waals surface area contributed by atoms with E-state index in [2.05, 4.69) is 70.7 Å². The summed E-state index contributed by atoms with van der Waals surface area (Å²) in [4.78, 5) is 17.0. The van der Waals surface area contributed by atoms with Crippen molar-refractivity contribution in [2.24, 2.45) is 0 Å². The highest BCUT2D eigenvalue weighted by Crippen LogP contribution is 2.22. The summed E-state index contributed by atoms with van der Waals surface area (Å²) in [5.41, 5.74) is 4.38. The molecule has 1 aliphatic rings. The second-order valence-corrected chi connectivity index (χ2v) is 7.54. The molecule has 5 nitrogen and oxygen atoms in total. The van der Waals surface area contributed by atoms with E-state index < -0.39 is 0 Å². The summed E-state index contributed by atoms with van der Waals surface area (Å²) in [5, 5.41) is 6.32. The van der Waals surface area contributed by atoms with E-state index in [1.54, 1.807) is 0 Å². The van der Waals surface area contributed by atoms with Gasteiger partial charge in [0, 0.05) is 61.9 Å². The number of nitrogens with one attached hydrogen (secondary N) is 2. The predicted molar refractivity (Wildman–Crippen MR) is 124 cm³/mol. The fourth-order valence-electron chi connectivity index (χ4n) is 3.83. The molecule has 0 spiro atoms. The second kappa shape index (κ2) is 10.7. The number of piperidine rings is 1. The number of amides is 1. The second-order valence-electron chi connectivity index (χ2n) is 7.54. The van der Waals surface area contributed by atoms with E-state index in [9.17, 15) is 4.79 Å². The van der Waals surface area contributed by atoms with Crippen LogP contribution in [0.1, 0.15) is 39.5 Å². The number of carbonyl (C=O) groups is 1. The molecule has 29 heavy (non-hydrogen) atoms. The van der Waals surface area contributed by atoms with Gasteiger partial charge in [0.25, 0.3) is 0 Å². The molecule has 0 atom stereocenters. The van der Waals surface area contributed by atoms with Gasteiger partial charge in [-0.3, -0.25) is 4.79 Å². The molecular formula is C24H34N4O. The molecule has 0 aromatic heterocycles. The normalized spacial score (nSPS) is 13.8. The van der Waals surface area contributed by atoms with Gasteiger partial charge in [-0.2, -0.15) is 0 Å². The van der Waals surface area contributed by atoms with Gasteiger partial charge in [0.15, 0.2) is 0 Å². The maximum atomic E-state index is 12.2. The van der Waals surface area contributed by atoms with Crippen LogP contribution in [-0.4, -0.2) is 38.6 Å². The van der Waals surface area contributed by atoms with E-state index in [-0.39, 0.29) is 5.91 Å². The minimum atomic E-state index is 0.0260. The number of carbonyl (C=O) groups excluding carboxylic acids is 1. The number of nitrogens with zero attached hydrogens (tertiary/aromatic N) is 2. The van der Waals surface area contributed by atoms with Crippen molar-refractivity contribution in [1.82, 2.24) is 0 Å². The Morgan fingerprint density at radius 2 is 1.52 bits per heavy atom. The van der Waals surface area contributed by atoms with Gasteiger partial charge in [-0.15, -0.1) is 0 Å². The van der Waals surface area contributed by atoms with Crippen LogP contribution in [0.5, 0.6) is 0 Å². The molecule has 0 bridgehead atoms. The maximum Gasteiger partial charge on any atom is 0.226 e. The largest absolute Gasteiger partial charge is 0.385 e. The van der Waals surface area contributed by atoms with Crippen LogP contribution in [0.15, 0.2) is 48.5 Å². The van der Waals surface area contributed by atoms with Gasteiger partial charge in [0.1, 0.15) is 0 Å². The average Bonchev–Trinajstić information content (AvgIpc) is 2.77. The lowest BCUT2D eigenvalue weighted by molar-refractivity contribution is -0.115. The van der Waals surface area contributed by atoms with Gasteiger partial charge >= 0.3 is 0 Å². The molecule has 1 saturated heterocycles. The van der Waals surface area contributed by atoms with E-state index in [4.69, 9.17) is 0 Å². The molecule has 2 aromatic carbocycles. The molecule has 0 aliphatic carbocycles. The SMILES string of the molecule is CCN(CC)c1ccc(NC(=O)CCNc2ccc(N3CCCCC3)cc2)cc1. The van der Waals surface area contributed by atoms with Crippen LogP contribution in [0.3, 0.4) is 0 Å². The minimum Gasteiger partial charge on any atom is -0.385 e. The maximum absolute atomic E-state index is 12.2. The lowest BCUT2D eigenvalue weighted by atomic mass is 10.1. The number of hydrogen-bond acceptors (Lipinski definition) is 4. The molecule has 1 heterocycles. The molecule has 0 saturated carbocycles. The van der Waals surface area contributed by atoms with E-state index in [1.807, 2.05) is 12.1 Å². The van der Waals surface area contributed by atoms with Crippen LogP contribution in [0.25, 0.3) is 0 Å². The molecule has 1 fully saturated rings. The van der Waals surface area contributed by atoms with Crippen molar-refractivity contribution < 1.29 is 4.79 Å². The average molecular weight is 395 g/mol. The van der Waals surface area contributed by atoms with Crippen molar-refractivity contribution in [1.29, 1.82) is 0 Å². The first kappa shape index (κ1) is 21.0. The van der Waals surface area contributed by atoms with Crippen molar-refractivity contribution in [2.45, 2.75) is 39.5 Å². The lowest BCUT2D eigenvalue weighted by Gasteiger charge is -2.28. The molecular weight excluding hydrogens is 360 g/mol. The van der Waals surface area contributed by atoms with Gasteiger partial charge < -0.3 is 20.4 Å². The minimum absolute atomic E-state index is 0.0260. The molecule has 0 radical (unpaired) electrons. The quantitative estimate of drug-likeness (QED) is 0.631. The summed E-state index contributed by atoms with van der Waals surface area (Å²) in [6, 6.07) is 16.6. The van der Waals surface area contributed by atoms with Gasteiger partial charge in [-0.05, 0) is 81.6 Å². The van der Waals surface area contributed by atoms with Gasteiger partial charge in [0.2, 0.25) is 5.91 Å². The van der Waals surface area contributed by atoms with Crippen LogP contribution in [0, 0.1) is 0 Å². The first-order chi connectivity index (χ1) is 14.2. The summed E-state index contributed by atoms with van der Waals surface area (Å²) in [5.74, 6) is 0.0260. The molecule has 1 aliphatic heterocycles. The number of benzene rings is 2. The van der Waals surface area contributed by atoms with Crippen molar-refractivity contribution in [3.63, 3.8) is 0 Å². The third-order valence-electron chi connectivity index (χ3n) is 5.55. The highest BCUT2D eigenvalue weighted by atomic mass is 16.1. The Kier molecular flexibility index (Phi) is 7.79. The Bertz CT molecular complexity index is 747. The van der Waals surface area contributed by atoms with Crippen LogP contribution in [-0.2, 0) is 4.79 Å². The Hall–Kier alpha value is -2.69. The Morgan fingerprint density at radius 3 is 2.14 bits per heavy atom. The third kappa shape index (κ3) is 6.14. The molecule has 3 rings (SSSR count). The standard InChI is InChI=1S/C24H34N4O/c1-3-27(4-2)22-14-10-21(11-15-22)26-24(29)16-17-25-20-8-12-23(13-9-20)28-18-6-5-7-19-28/h8-15,25H,3-7,16-19H2,1-2H3,(H,26,29). The van der Waals surface area contributed by atoms with Crippen molar-refractivity contribution >= 4 is 28.7 Å². The van der Waals surface area contributed by atoms with Crippen LogP contribution < -0.4 is 20.4 Å². The number of anilines is 4. The molecule has 2 N–H and O–H groups in total. The zero-order chi connectivity index (χ0) is 20.5. The van der Waals surface area contributed by atoms with Gasteiger partial charge in [-0.25, -0.2) is 0 Å². The van der Waals surface area contributed by atoms with Crippen LogP contribution in [0.4, 0.5) is 22.7 Å². The highest BCUT2D eigenvalue weighted by molar-refractivity contribution is 5.91. The lowest BCUT2D eigenvalue weighted by Crippen LogP contribution is -2.29. The highest BCUT2D eigenvalue weighted by Gasteiger charge is 2.10. The zero-order valence-electron chi connectivity index (χ0n) is 17.8. The summed E-state index contributed by atoms with van der Waals surface area (Å²) >= 11 is 0. The zero-order valence-corrected chi connectivity index (χ0v) is 17.8. The summed E-state index contributed by atoms with van der Waals surface area (Å²) < 4.78 is 0. The Labute approximate surface area is 175 Å². The number of rotatable bonds is 9. The fraction of sp³-hybridized carbons (Fsp3) is 0.458. The van der Waals surface area contributed by atoms with Crippen molar-refractivity contribution in [2.75, 3.05) is 53.2 Å². The van der Waals surface area contributed by atoms with E-state index in [0.717, 1.165) is 37.6 Å².